The number of rotatable bonds is 5. The molecule has 3 aromatic heterocycles. The number of hydrogen-bond donors (Lipinski definition) is 3. The fourth-order valence-corrected chi connectivity index (χ4v) is 3.67. The summed E-state index contributed by atoms with van der Waals surface area (Å²) in [4.78, 5) is 27.1. The van der Waals surface area contributed by atoms with Crippen LogP contribution < -0.4 is 15.6 Å². The van der Waals surface area contributed by atoms with E-state index < -0.39 is 0 Å². The summed E-state index contributed by atoms with van der Waals surface area (Å²) in [6.45, 7) is 1.85. The van der Waals surface area contributed by atoms with Crippen molar-refractivity contribution in [2.45, 2.75) is 6.92 Å². The van der Waals surface area contributed by atoms with Crippen LogP contribution in [-0.2, 0) is 0 Å². The number of hydrogen-bond acceptors (Lipinski definition) is 5. The number of nitrogens with zero attached hydrogens (tertiary/aromatic N) is 2. The van der Waals surface area contributed by atoms with Crippen molar-refractivity contribution in [2.24, 2.45) is 0 Å². The van der Waals surface area contributed by atoms with Crippen LogP contribution in [0.4, 0.5) is 11.5 Å². The molecule has 158 valence electrons. The highest BCUT2D eigenvalue weighted by atomic mass is 16.5. The molecule has 7 nitrogen and oxygen atoms in total. The Hall–Kier alpha value is -4.39. The van der Waals surface area contributed by atoms with Gasteiger partial charge in [-0.15, -0.1) is 0 Å². The second kappa shape index (κ2) is 8.03. The third kappa shape index (κ3) is 3.72. The summed E-state index contributed by atoms with van der Waals surface area (Å²) in [6.07, 6.45) is 7.08. The number of aromatic amines is 2. The van der Waals surface area contributed by atoms with Gasteiger partial charge in [-0.05, 0) is 55.5 Å². The SMILES string of the molecule is COc1cc2ncnc(Nc3ccc4[nH]ccc4c3)c2cc1/C=C/c1ccc(C)[nH]c1=O. The van der Waals surface area contributed by atoms with E-state index in [9.17, 15) is 4.79 Å². The van der Waals surface area contributed by atoms with Crippen molar-refractivity contribution in [3.8, 4) is 5.75 Å². The first-order chi connectivity index (χ1) is 15.6. The van der Waals surface area contributed by atoms with E-state index in [0.29, 0.717) is 17.1 Å². The molecule has 0 spiro atoms. The van der Waals surface area contributed by atoms with Crippen LogP contribution in [0.25, 0.3) is 34.0 Å². The van der Waals surface area contributed by atoms with Gasteiger partial charge in [0.2, 0.25) is 0 Å². The molecule has 0 aliphatic rings. The van der Waals surface area contributed by atoms with Gasteiger partial charge in [0, 0.05) is 51.1 Å². The summed E-state index contributed by atoms with van der Waals surface area (Å²) in [7, 11) is 1.61. The molecule has 0 fully saturated rings. The summed E-state index contributed by atoms with van der Waals surface area (Å²) >= 11 is 0. The van der Waals surface area contributed by atoms with E-state index in [2.05, 4.69) is 31.3 Å². The van der Waals surface area contributed by atoms with Gasteiger partial charge in [0.15, 0.2) is 0 Å². The van der Waals surface area contributed by atoms with Gasteiger partial charge in [-0.2, -0.15) is 0 Å². The molecule has 32 heavy (non-hydrogen) atoms. The Labute approximate surface area is 183 Å². The van der Waals surface area contributed by atoms with Crippen molar-refractivity contribution < 1.29 is 4.74 Å². The van der Waals surface area contributed by atoms with Gasteiger partial charge in [0.1, 0.15) is 17.9 Å². The predicted molar refractivity (Wildman–Crippen MR) is 128 cm³/mol. The van der Waals surface area contributed by atoms with Crippen LogP contribution in [0.15, 0.2) is 65.8 Å². The summed E-state index contributed by atoms with van der Waals surface area (Å²) in [5.41, 5.74) is 4.84. The molecule has 0 unspecified atom stereocenters. The average molecular weight is 423 g/mol. The fourth-order valence-electron chi connectivity index (χ4n) is 3.67. The number of anilines is 2. The normalized spacial score (nSPS) is 11.4. The first kappa shape index (κ1) is 19.6. The lowest BCUT2D eigenvalue weighted by molar-refractivity contribution is 0.414. The monoisotopic (exact) mass is 423 g/mol. The molecule has 0 saturated heterocycles. The van der Waals surface area contributed by atoms with Gasteiger partial charge >= 0.3 is 0 Å². The molecule has 3 N–H and O–H groups in total. The molecule has 0 radical (unpaired) electrons. The minimum atomic E-state index is -0.133. The molecule has 2 aromatic carbocycles. The maximum atomic E-state index is 12.2. The molecular weight excluding hydrogens is 402 g/mol. The van der Waals surface area contributed by atoms with Crippen LogP contribution in [-0.4, -0.2) is 27.0 Å². The highest BCUT2D eigenvalue weighted by molar-refractivity contribution is 5.95. The molecule has 5 rings (SSSR count). The second-order valence-corrected chi connectivity index (χ2v) is 7.50. The average Bonchev–Trinajstić information content (AvgIpc) is 3.26. The van der Waals surface area contributed by atoms with Crippen LogP contribution in [0.3, 0.4) is 0 Å². The van der Waals surface area contributed by atoms with Gasteiger partial charge in [-0.3, -0.25) is 4.79 Å². The van der Waals surface area contributed by atoms with Crippen molar-refractivity contribution >= 4 is 45.5 Å². The minimum absolute atomic E-state index is 0.133. The molecule has 0 bridgehead atoms. The number of fused-ring (bicyclic) bond motifs is 2. The Bertz CT molecular complexity index is 1530. The number of pyridine rings is 1. The first-order valence-corrected chi connectivity index (χ1v) is 10.2. The van der Waals surface area contributed by atoms with E-state index in [0.717, 1.165) is 38.8 Å². The number of H-pyrrole nitrogens is 2. The first-order valence-electron chi connectivity index (χ1n) is 10.2. The van der Waals surface area contributed by atoms with Gasteiger partial charge in [0.25, 0.3) is 5.56 Å². The molecule has 0 aliphatic heterocycles. The Balaban J connectivity index is 1.56. The molecule has 0 amide bonds. The third-order valence-electron chi connectivity index (χ3n) is 5.33. The zero-order chi connectivity index (χ0) is 22.1. The van der Waals surface area contributed by atoms with Crippen molar-refractivity contribution in [3.63, 3.8) is 0 Å². The molecule has 7 heteroatoms. The van der Waals surface area contributed by atoms with Crippen LogP contribution in [0.1, 0.15) is 16.8 Å². The summed E-state index contributed by atoms with van der Waals surface area (Å²) in [5, 5.41) is 5.36. The lowest BCUT2D eigenvalue weighted by atomic mass is 10.1. The lowest BCUT2D eigenvalue weighted by Gasteiger charge is -2.11. The van der Waals surface area contributed by atoms with E-state index in [1.54, 1.807) is 19.3 Å². The quantitative estimate of drug-likeness (QED) is 0.368. The van der Waals surface area contributed by atoms with E-state index in [1.165, 1.54) is 6.33 Å². The highest BCUT2D eigenvalue weighted by Gasteiger charge is 2.10. The third-order valence-corrected chi connectivity index (χ3v) is 5.33. The van der Waals surface area contributed by atoms with E-state index in [-0.39, 0.29) is 5.56 Å². The van der Waals surface area contributed by atoms with Gasteiger partial charge < -0.3 is 20.0 Å². The highest BCUT2D eigenvalue weighted by Crippen LogP contribution is 2.31. The topological polar surface area (TPSA) is 95.7 Å². The molecule has 3 heterocycles. The fraction of sp³-hybridized carbons (Fsp3) is 0.0800. The number of aryl methyl sites for hydroxylation is 1. The minimum Gasteiger partial charge on any atom is -0.496 e. The number of ether oxygens (including phenoxy) is 1. The van der Waals surface area contributed by atoms with Crippen LogP contribution in [0.5, 0.6) is 5.75 Å². The maximum Gasteiger partial charge on any atom is 0.255 e. The van der Waals surface area contributed by atoms with Crippen LogP contribution in [0, 0.1) is 6.92 Å². The second-order valence-electron chi connectivity index (χ2n) is 7.50. The van der Waals surface area contributed by atoms with Gasteiger partial charge in [0.05, 0.1) is 12.6 Å². The van der Waals surface area contributed by atoms with E-state index >= 15 is 0 Å². The van der Waals surface area contributed by atoms with Gasteiger partial charge in [-0.1, -0.05) is 6.08 Å². The number of aromatic nitrogens is 4. The van der Waals surface area contributed by atoms with Crippen molar-refractivity contribution in [2.75, 3.05) is 12.4 Å². The largest absolute Gasteiger partial charge is 0.496 e. The maximum absolute atomic E-state index is 12.2. The van der Waals surface area contributed by atoms with Crippen molar-refractivity contribution in [3.05, 3.63) is 88.2 Å². The Morgan fingerprint density at radius 2 is 1.88 bits per heavy atom. The summed E-state index contributed by atoms with van der Waals surface area (Å²) in [6, 6.07) is 15.6. The summed E-state index contributed by atoms with van der Waals surface area (Å²) in [5.74, 6) is 1.35. The predicted octanol–water partition coefficient (Wildman–Crippen LogP) is 5.03. The Kier molecular flexibility index (Phi) is 4.91. The zero-order valence-corrected chi connectivity index (χ0v) is 17.6. The Morgan fingerprint density at radius 3 is 2.72 bits per heavy atom. The van der Waals surface area contributed by atoms with Crippen LogP contribution in [0.2, 0.25) is 0 Å². The molecule has 0 saturated carbocycles. The van der Waals surface area contributed by atoms with E-state index in [1.807, 2.05) is 55.6 Å². The molecule has 0 atom stereocenters. The smallest absolute Gasteiger partial charge is 0.255 e. The number of nitrogens with one attached hydrogen (secondary N) is 3. The zero-order valence-electron chi connectivity index (χ0n) is 17.6. The lowest BCUT2D eigenvalue weighted by Crippen LogP contribution is -2.09. The van der Waals surface area contributed by atoms with Crippen LogP contribution >= 0.6 is 0 Å². The van der Waals surface area contributed by atoms with Gasteiger partial charge in [-0.25, -0.2) is 9.97 Å². The molecular formula is C25H21N5O2. The Morgan fingerprint density at radius 1 is 1.00 bits per heavy atom. The number of benzene rings is 2. The van der Waals surface area contributed by atoms with Crippen molar-refractivity contribution in [1.82, 2.24) is 19.9 Å². The molecule has 5 aromatic rings. The summed E-state index contributed by atoms with van der Waals surface area (Å²) < 4.78 is 5.57. The van der Waals surface area contributed by atoms with E-state index in [4.69, 9.17) is 4.74 Å². The van der Waals surface area contributed by atoms with Crippen molar-refractivity contribution in [1.29, 1.82) is 0 Å². The molecule has 0 aliphatic carbocycles. The number of methoxy groups -OCH3 is 1. The standard InChI is InChI=1S/C25H21N5O2/c1-15-3-4-16(25(31)29-15)5-6-18-12-20-22(13-23(18)32-2)27-14-28-24(20)30-19-7-8-21-17(11-19)9-10-26-21/h3-14,26H,1-2H3,(H,29,31)(H,27,28,30)/b6-5+.